The number of carbonyl (C=O) groups is 1. The molecule has 0 saturated heterocycles. The zero-order valence-electron chi connectivity index (χ0n) is 12.3. The Labute approximate surface area is 135 Å². The molecular formula is C15H15N5O2S. The van der Waals surface area contributed by atoms with Gasteiger partial charge in [-0.2, -0.15) is 4.98 Å². The molecule has 5 N–H and O–H groups in total. The number of benzene rings is 1. The van der Waals surface area contributed by atoms with Crippen LogP contribution in [0.1, 0.15) is 16.1 Å². The van der Waals surface area contributed by atoms with Crippen molar-refractivity contribution in [2.75, 3.05) is 12.0 Å². The smallest absolute Gasteiger partial charge is 0.261 e. The Morgan fingerprint density at radius 2 is 2.04 bits per heavy atom. The van der Waals surface area contributed by atoms with Gasteiger partial charge in [0.25, 0.3) is 11.5 Å². The lowest BCUT2D eigenvalue weighted by molar-refractivity contribution is 0.0950. The Morgan fingerprint density at radius 1 is 1.30 bits per heavy atom. The van der Waals surface area contributed by atoms with Crippen molar-refractivity contribution >= 4 is 34.7 Å². The van der Waals surface area contributed by atoms with E-state index in [1.54, 1.807) is 30.0 Å². The van der Waals surface area contributed by atoms with Gasteiger partial charge in [-0.25, -0.2) is 0 Å². The van der Waals surface area contributed by atoms with Gasteiger partial charge >= 0.3 is 0 Å². The number of nitrogens with two attached hydrogens (primary N) is 1. The molecule has 23 heavy (non-hydrogen) atoms. The predicted molar refractivity (Wildman–Crippen MR) is 90.5 cm³/mol. The summed E-state index contributed by atoms with van der Waals surface area (Å²) in [6, 6.07) is 9.00. The molecule has 0 aliphatic carbocycles. The zero-order chi connectivity index (χ0) is 16.4. The molecule has 3 rings (SSSR count). The quantitative estimate of drug-likeness (QED) is 0.541. The summed E-state index contributed by atoms with van der Waals surface area (Å²) in [4.78, 5) is 34.4. The molecule has 2 heterocycles. The standard InChI is InChI=1S/C15H15N5O2S/c1-23-10-4-2-8(3-5-10)13(21)17-7-9-6-11-12(18-9)19-15(16)20-14(11)22/h2-6H,7H2,1H3,(H,17,21)(H4,16,18,19,20,22). The average molecular weight is 329 g/mol. The number of nitrogens with zero attached hydrogens (tertiary/aromatic N) is 1. The SMILES string of the molecule is CSc1ccc(C(=O)NCc2cc3c(=O)[nH]c(N)nc3[nH]2)cc1. The number of hydrogen-bond donors (Lipinski definition) is 4. The second kappa shape index (κ2) is 6.17. The van der Waals surface area contributed by atoms with E-state index in [0.29, 0.717) is 22.3 Å². The largest absolute Gasteiger partial charge is 0.369 e. The number of aromatic nitrogens is 3. The summed E-state index contributed by atoms with van der Waals surface area (Å²) in [5.74, 6) is -0.133. The van der Waals surface area contributed by atoms with Crippen molar-refractivity contribution in [3.63, 3.8) is 0 Å². The van der Waals surface area contributed by atoms with Crippen LogP contribution < -0.4 is 16.6 Å². The molecule has 0 spiro atoms. The molecule has 0 saturated carbocycles. The van der Waals surface area contributed by atoms with E-state index in [-0.39, 0.29) is 24.0 Å². The fraction of sp³-hybridized carbons (Fsp3) is 0.133. The molecule has 0 atom stereocenters. The minimum Gasteiger partial charge on any atom is -0.369 e. The maximum Gasteiger partial charge on any atom is 0.261 e. The Morgan fingerprint density at radius 3 is 2.74 bits per heavy atom. The summed E-state index contributed by atoms with van der Waals surface area (Å²) in [5.41, 5.74) is 6.85. The average Bonchev–Trinajstić information content (AvgIpc) is 2.96. The molecule has 0 radical (unpaired) electrons. The first-order valence-corrected chi connectivity index (χ1v) is 8.09. The van der Waals surface area contributed by atoms with Crippen LogP contribution in [0.25, 0.3) is 11.0 Å². The van der Waals surface area contributed by atoms with E-state index in [9.17, 15) is 9.59 Å². The van der Waals surface area contributed by atoms with Gasteiger partial charge in [0, 0.05) is 16.2 Å². The van der Waals surface area contributed by atoms with Gasteiger partial charge in [0.2, 0.25) is 5.95 Å². The number of amides is 1. The Hall–Kier alpha value is -2.74. The van der Waals surface area contributed by atoms with Gasteiger partial charge < -0.3 is 16.0 Å². The molecule has 118 valence electrons. The van der Waals surface area contributed by atoms with Crippen LogP contribution in [0.3, 0.4) is 0 Å². The van der Waals surface area contributed by atoms with Gasteiger partial charge in [0.05, 0.1) is 11.9 Å². The minimum atomic E-state index is -0.311. The van der Waals surface area contributed by atoms with Crippen LogP contribution in [-0.4, -0.2) is 27.1 Å². The highest BCUT2D eigenvalue weighted by Crippen LogP contribution is 2.15. The van der Waals surface area contributed by atoms with E-state index >= 15 is 0 Å². The number of aromatic amines is 2. The lowest BCUT2D eigenvalue weighted by Crippen LogP contribution is -2.22. The third-order valence-electron chi connectivity index (χ3n) is 3.36. The maximum atomic E-state index is 12.1. The van der Waals surface area contributed by atoms with Gasteiger partial charge in [0.1, 0.15) is 5.65 Å². The van der Waals surface area contributed by atoms with Gasteiger partial charge in [0.15, 0.2) is 0 Å². The maximum absolute atomic E-state index is 12.1. The van der Waals surface area contributed by atoms with E-state index in [2.05, 4.69) is 20.3 Å². The minimum absolute atomic E-state index is 0.0498. The lowest BCUT2D eigenvalue weighted by Gasteiger charge is -2.04. The highest BCUT2D eigenvalue weighted by Gasteiger charge is 2.09. The summed E-state index contributed by atoms with van der Waals surface area (Å²) >= 11 is 1.62. The fourth-order valence-electron chi connectivity index (χ4n) is 2.21. The molecule has 2 aromatic heterocycles. The molecule has 7 nitrogen and oxygen atoms in total. The normalized spacial score (nSPS) is 10.8. The third-order valence-corrected chi connectivity index (χ3v) is 4.11. The molecule has 1 amide bonds. The number of H-pyrrole nitrogens is 2. The van der Waals surface area contributed by atoms with Crippen LogP contribution in [-0.2, 0) is 6.54 Å². The number of anilines is 1. The monoisotopic (exact) mass is 329 g/mol. The second-order valence-electron chi connectivity index (χ2n) is 4.92. The third kappa shape index (κ3) is 3.21. The van der Waals surface area contributed by atoms with Crippen molar-refractivity contribution in [2.45, 2.75) is 11.4 Å². The van der Waals surface area contributed by atoms with Crippen LogP contribution in [0, 0.1) is 0 Å². The number of nitrogens with one attached hydrogen (secondary N) is 3. The van der Waals surface area contributed by atoms with Gasteiger partial charge in [-0.3, -0.25) is 14.6 Å². The van der Waals surface area contributed by atoms with E-state index in [1.807, 2.05) is 18.4 Å². The van der Waals surface area contributed by atoms with Crippen molar-refractivity contribution in [3.8, 4) is 0 Å². The van der Waals surface area contributed by atoms with Crippen molar-refractivity contribution in [2.24, 2.45) is 0 Å². The van der Waals surface area contributed by atoms with E-state index in [1.165, 1.54) is 0 Å². The number of fused-ring (bicyclic) bond motifs is 1. The summed E-state index contributed by atoms with van der Waals surface area (Å²) in [6.45, 7) is 0.263. The predicted octanol–water partition coefficient (Wildman–Crippen LogP) is 1.49. The van der Waals surface area contributed by atoms with Crippen molar-refractivity contribution < 1.29 is 4.79 Å². The van der Waals surface area contributed by atoms with Gasteiger partial charge in [-0.15, -0.1) is 11.8 Å². The summed E-state index contributed by atoms with van der Waals surface area (Å²) in [7, 11) is 0. The topological polar surface area (TPSA) is 117 Å². The van der Waals surface area contributed by atoms with Crippen LogP contribution in [0.5, 0.6) is 0 Å². The van der Waals surface area contributed by atoms with Crippen LogP contribution in [0.2, 0.25) is 0 Å². The first kappa shape index (κ1) is 15.2. The summed E-state index contributed by atoms with van der Waals surface area (Å²) < 4.78 is 0. The van der Waals surface area contributed by atoms with E-state index in [0.717, 1.165) is 4.90 Å². The second-order valence-corrected chi connectivity index (χ2v) is 5.80. The number of rotatable bonds is 4. The molecule has 0 aliphatic heterocycles. The van der Waals surface area contributed by atoms with E-state index in [4.69, 9.17) is 5.73 Å². The number of hydrogen-bond acceptors (Lipinski definition) is 5. The molecular weight excluding hydrogens is 314 g/mol. The fourth-order valence-corrected chi connectivity index (χ4v) is 2.61. The molecule has 8 heteroatoms. The number of nitrogen functional groups attached to an aromatic ring is 1. The highest BCUT2D eigenvalue weighted by molar-refractivity contribution is 7.98. The molecule has 0 fully saturated rings. The highest BCUT2D eigenvalue weighted by atomic mass is 32.2. The first-order chi connectivity index (χ1) is 11.1. The van der Waals surface area contributed by atoms with Crippen molar-refractivity contribution in [3.05, 3.63) is 51.9 Å². The zero-order valence-corrected chi connectivity index (χ0v) is 13.2. The van der Waals surface area contributed by atoms with Gasteiger partial charge in [-0.05, 0) is 36.6 Å². The van der Waals surface area contributed by atoms with E-state index < -0.39 is 0 Å². The molecule has 3 aromatic rings. The number of carbonyl (C=O) groups excluding carboxylic acids is 1. The Bertz CT molecular complexity index is 914. The summed E-state index contributed by atoms with van der Waals surface area (Å²) in [6.07, 6.45) is 1.98. The van der Waals surface area contributed by atoms with Crippen LogP contribution in [0.4, 0.5) is 5.95 Å². The molecule has 0 unspecified atom stereocenters. The molecule has 0 bridgehead atoms. The van der Waals surface area contributed by atoms with Crippen LogP contribution >= 0.6 is 11.8 Å². The summed E-state index contributed by atoms with van der Waals surface area (Å²) in [5, 5.41) is 3.21. The first-order valence-electron chi connectivity index (χ1n) is 6.86. The molecule has 1 aromatic carbocycles. The number of thioether (sulfide) groups is 1. The van der Waals surface area contributed by atoms with Crippen molar-refractivity contribution in [1.29, 1.82) is 0 Å². The lowest BCUT2D eigenvalue weighted by atomic mass is 10.2. The van der Waals surface area contributed by atoms with Crippen LogP contribution in [0.15, 0.2) is 40.0 Å². The Balaban J connectivity index is 1.73. The Kier molecular flexibility index (Phi) is 4.07. The van der Waals surface area contributed by atoms with Crippen molar-refractivity contribution in [1.82, 2.24) is 20.3 Å². The molecule has 0 aliphatic rings. The van der Waals surface area contributed by atoms with Gasteiger partial charge in [-0.1, -0.05) is 0 Å².